The number of aromatic nitrogens is 1. The molecule has 0 saturated carbocycles. The predicted octanol–water partition coefficient (Wildman–Crippen LogP) is 2.98. The van der Waals surface area contributed by atoms with Crippen LogP contribution in [0.1, 0.15) is 10.4 Å². The minimum atomic E-state index is -1.56. The van der Waals surface area contributed by atoms with E-state index in [1.165, 1.54) is 6.20 Å². The Kier molecular flexibility index (Phi) is 3.94. The molecule has 2 rings (SSSR count). The number of benzene rings is 1. The fraction of sp³-hybridized carbons (Fsp3) is 0. The Morgan fingerprint density at radius 1 is 1.40 bits per heavy atom. The van der Waals surface area contributed by atoms with Gasteiger partial charge in [-0.05, 0) is 18.2 Å². The Balaban J connectivity index is 2.49. The van der Waals surface area contributed by atoms with Crippen LogP contribution in [0.4, 0.5) is 10.1 Å². The molecule has 0 fully saturated rings. The third-order valence-electron chi connectivity index (χ3n) is 2.33. The summed E-state index contributed by atoms with van der Waals surface area (Å²) in [6, 6.07) is 6.51. The lowest BCUT2D eigenvalue weighted by Gasteiger charge is -2.04. The van der Waals surface area contributed by atoms with E-state index in [0.29, 0.717) is 11.1 Å². The molecular formula is C12H7FN2O4S. The number of rotatable bonds is 4. The van der Waals surface area contributed by atoms with Crippen molar-refractivity contribution in [1.29, 1.82) is 0 Å². The molecule has 20 heavy (non-hydrogen) atoms. The second-order valence-corrected chi connectivity index (χ2v) is 4.69. The number of carboxylic acid groups (broad SMARTS) is 1. The van der Waals surface area contributed by atoms with E-state index in [9.17, 15) is 19.3 Å². The molecule has 1 heterocycles. The zero-order chi connectivity index (χ0) is 14.7. The average Bonchev–Trinajstić information content (AvgIpc) is 2.39. The first-order chi connectivity index (χ1) is 9.49. The van der Waals surface area contributed by atoms with Gasteiger partial charge in [0.1, 0.15) is 16.4 Å². The molecule has 1 N–H and O–H groups in total. The summed E-state index contributed by atoms with van der Waals surface area (Å²) in [5.41, 5.74) is -1.21. The van der Waals surface area contributed by atoms with E-state index < -0.39 is 28.0 Å². The second-order valence-electron chi connectivity index (χ2n) is 3.63. The molecule has 1 aromatic carbocycles. The number of hydrogen-bond donors (Lipinski definition) is 1. The van der Waals surface area contributed by atoms with Crippen LogP contribution in [-0.2, 0) is 0 Å². The Morgan fingerprint density at radius 2 is 2.15 bits per heavy atom. The van der Waals surface area contributed by atoms with E-state index in [4.69, 9.17) is 5.11 Å². The van der Waals surface area contributed by atoms with Crippen molar-refractivity contribution in [2.45, 2.75) is 9.92 Å². The summed E-state index contributed by atoms with van der Waals surface area (Å²) in [6.07, 6.45) is 1.50. The third-order valence-corrected chi connectivity index (χ3v) is 3.33. The van der Waals surface area contributed by atoms with Gasteiger partial charge in [0.2, 0.25) is 0 Å². The highest BCUT2D eigenvalue weighted by Gasteiger charge is 2.22. The zero-order valence-corrected chi connectivity index (χ0v) is 10.6. The molecule has 0 aliphatic rings. The van der Waals surface area contributed by atoms with E-state index in [0.717, 1.165) is 17.8 Å². The molecule has 8 heteroatoms. The number of pyridine rings is 1. The summed E-state index contributed by atoms with van der Waals surface area (Å²) in [4.78, 5) is 24.9. The van der Waals surface area contributed by atoms with Gasteiger partial charge in [0.15, 0.2) is 0 Å². The molecule has 6 nitrogen and oxygen atoms in total. The van der Waals surface area contributed by atoms with E-state index in [2.05, 4.69) is 4.98 Å². The smallest absolute Gasteiger partial charge is 0.338 e. The van der Waals surface area contributed by atoms with Gasteiger partial charge in [0.05, 0.1) is 9.82 Å². The van der Waals surface area contributed by atoms with Crippen molar-refractivity contribution in [3.05, 3.63) is 58.0 Å². The molecule has 0 aliphatic carbocycles. The summed E-state index contributed by atoms with van der Waals surface area (Å²) in [5, 5.41) is 20.2. The largest absolute Gasteiger partial charge is 0.478 e. The van der Waals surface area contributed by atoms with Gasteiger partial charge >= 0.3 is 5.97 Å². The molecule has 0 amide bonds. The fourth-order valence-electron chi connectivity index (χ4n) is 1.45. The molecule has 0 radical (unpaired) electrons. The molecule has 1 aromatic heterocycles. The van der Waals surface area contributed by atoms with Gasteiger partial charge in [-0.25, -0.2) is 14.2 Å². The van der Waals surface area contributed by atoms with Crippen LogP contribution >= 0.6 is 11.8 Å². The first-order valence-electron chi connectivity index (χ1n) is 5.29. The minimum absolute atomic E-state index is 0.00352. The number of nitro groups is 1. The van der Waals surface area contributed by atoms with Gasteiger partial charge in [-0.1, -0.05) is 17.8 Å². The van der Waals surface area contributed by atoms with Gasteiger partial charge in [0.25, 0.3) is 5.69 Å². The van der Waals surface area contributed by atoms with Crippen LogP contribution in [0.2, 0.25) is 0 Å². The molecule has 0 spiro atoms. The lowest BCUT2D eigenvalue weighted by atomic mass is 10.2. The topological polar surface area (TPSA) is 93.3 Å². The molecule has 0 atom stereocenters. The zero-order valence-electron chi connectivity index (χ0n) is 9.82. The van der Waals surface area contributed by atoms with Crippen molar-refractivity contribution in [3.63, 3.8) is 0 Å². The molecule has 102 valence electrons. The summed E-state index contributed by atoms with van der Waals surface area (Å²) < 4.78 is 13.6. The number of hydrogen-bond acceptors (Lipinski definition) is 5. The summed E-state index contributed by atoms with van der Waals surface area (Å²) >= 11 is 0.891. The van der Waals surface area contributed by atoms with Crippen LogP contribution in [0.5, 0.6) is 0 Å². The summed E-state index contributed by atoms with van der Waals surface area (Å²) in [5.74, 6) is -2.58. The van der Waals surface area contributed by atoms with Crippen LogP contribution in [0, 0.1) is 15.9 Å². The van der Waals surface area contributed by atoms with Gasteiger partial charge in [-0.15, -0.1) is 0 Å². The Bertz CT molecular complexity index is 679. The van der Waals surface area contributed by atoms with Crippen LogP contribution in [0.25, 0.3) is 0 Å². The SMILES string of the molecule is O=C(O)c1cc([N+](=O)[O-])c(Sc2ccccn2)cc1F. The van der Waals surface area contributed by atoms with Gasteiger partial charge < -0.3 is 5.11 Å². The Hall–Kier alpha value is -2.48. The van der Waals surface area contributed by atoms with Gasteiger partial charge in [-0.3, -0.25) is 10.1 Å². The summed E-state index contributed by atoms with van der Waals surface area (Å²) in [6.45, 7) is 0. The van der Waals surface area contributed by atoms with E-state index >= 15 is 0 Å². The molecule has 0 saturated heterocycles. The molecule has 0 bridgehead atoms. The van der Waals surface area contributed by atoms with Gasteiger partial charge in [0, 0.05) is 12.3 Å². The van der Waals surface area contributed by atoms with Crippen LogP contribution in [0.3, 0.4) is 0 Å². The number of carboxylic acids is 1. The maximum absolute atomic E-state index is 13.6. The van der Waals surface area contributed by atoms with Crippen molar-refractivity contribution in [3.8, 4) is 0 Å². The lowest BCUT2D eigenvalue weighted by Crippen LogP contribution is -2.03. The lowest BCUT2D eigenvalue weighted by molar-refractivity contribution is -0.387. The highest BCUT2D eigenvalue weighted by atomic mass is 32.2. The first kappa shape index (κ1) is 13.9. The van der Waals surface area contributed by atoms with Gasteiger partial charge in [-0.2, -0.15) is 0 Å². The van der Waals surface area contributed by atoms with Crippen LogP contribution < -0.4 is 0 Å². The standard InChI is InChI=1S/C12H7FN2O4S/c13-8-6-10(20-11-3-1-2-4-14-11)9(15(18)19)5-7(8)12(16)17/h1-6H,(H,16,17). The van der Waals surface area contributed by atoms with E-state index in [1.807, 2.05) is 0 Å². The molecular weight excluding hydrogens is 287 g/mol. The normalized spacial score (nSPS) is 10.2. The number of nitro benzene ring substituents is 1. The van der Waals surface area contributed by atoms with E-state index in [1.54, 1.807) is 18.2 Å². The fourth-order valence-corrected chi connectivity index (χ4v) is 2.34. The van der Waals surface area contributed by atoms with Crippen molar-refractivity contribution < 1.29 is 19.2 Å². The Morgan fingerprint density at radius 3 is 2.70 bits per heavy atom. The molecule has 0 unspecified atom stereocenters. The maximum Gasteiger partial charge on any atom is 0.338 e. The number of halogens is 1. The quantitative estimate of drug-likeness (QED) is 0.688. The van der Waals surface area contributed by atoms with E-state index in [-0.39, 0.29) is 4.90 Å². The van der Waals surface area contributed by atoms with Crippen molar-refractivity contribution in [2.24, 2.45) is 0 Å². The average molecular weight is 294 g/mol. The maximum atomic E-state index is 13.6. The number of carbonyl (C=O) groups is 1. The Labute approximate surface area is 116 Å². The second kappa shape index (κ2) is 5.66. The van der Waals surface area contributed by atoms with Crippen molar-refractivity contribution in [2.75, 3.05) is 0 Å². The minimum Gasteiger partial charge on any atom is -0.478 e. The third kappa shape index (κ3) is 2.91. The van der Waals surface area contributed by atoms with Crippen LogP contribution in [0.15, 0.2) is 46.5 Å². The molecule has 0 aliphatic heterocycles. The van der Waals surface area contributed by atoms with Crippen molar-refractivity contribution >= 4 is 23.4 Å². The van der Waals surface area contributed by atoms with Crippen molar-refractivity contribution in [1.82, 2.24) is 4.98 Å². The highest BCUT2D eigenvalue weighted by molar-refractivity contribution is 7.99. The monoisotopic (exact) mass is 294 g/mol. The van der Waals surface area contributed by atoms with Crippen LogP contribution in [-0.4, -0.2) is 21.0 Å². The highest BCUT2D eigenvalue weighted by Crippen LogP contribution is 2.35. The number of aromatic carboxylic acids is 1. The number of nitrogens with zero attached hydrogens (tertiary/aromatic N) is 2. The summed E-state index contributed by atoms with van der Waals surface area (Å²) in [7, 11) is 0. The molecule has 2 aromatic rings. The predicted molar refractivity (Wildman–Crippen MR) is 68.4 cm³/mol. The first-order valence-corrected chi connectivity index (χ1v) is 6.11.